The van der Waals surface area contributed by atoms with E-state index in [2.05, 4.69) is 21.4 Å². The van der Waals surface area contributed by atoms with Gasteiger partial charge in [-0.2, -0.15) is 5.10 Å². The summed E-state index contributed by atoms with van der Waals surface area (Å²) in [4.78, 5) is 11.1. The second-order valence-electron chi connectivity index (χ2n) is 2.75. The molecule has 1 aromatic heterocycles. The van der Waals surface area contributed by atoms with E-state index < -0.39 is 0 Å². The number of nitrogens with zero attached hydrogens (tertiary/aromatic N) is 1. The summed E-state index contributed by atoms with van der Waals surface area (Å²) in [5, 5.41) is 9.29. The van der Waals surface area contributed by atoms with Crippen LogP contribution in [0.3, 0.4) is 0 Å². The zero-order chi connectivity index (χ0) is 9.84. The molecule has 0 saturated heterocycles. The van der Waals surface area contributed by atoms with E-state index in [1.165, 1.54) is 0 Å². The van der Waals surface area contributed by atoms with Gasteiger partial charge in [-0.05, 0) is 13.8 Å². The monoisotopic (exact) mass is 177 g/mol. The predicted molar refractivity (Wildman–Crippen MR) is 50.1 cm³/mol. The number of anilines is 1. The maximum atomic E-state index is 11.1. The molecule has 0 aliphatic heterocycles. The molecule has 4 heteroatoms. The number of aryl methyl sites for hydroxylation is 1. The highest BCUT2D eigenvalue weighted by Gasteiger charge is 2.07. The van der Waals surface area contributed by atoms with E-state index in [1.54, 1.807) is 0 Å². The molecule has 0 bridgehead atoms. The van der Waals surface area contributed by atoms with Gasteiger partial charge >= 0.3 is 0 Å². The quantitative estimate of drug-likeness (QED) is 0.662. The van der Waals surface area contributed by atoms with E-state index in [-0.39, 0.29) is 12.3 Å². The van der Waals surface area contributed by atoms with Crippen LogP contribution in [0, 0.1) is 26.2 Å². The molecule has 0 aliphatic rings. The lowest BCUT2D eigenvalue weighted by Gasteiger charge is -1.98. The first-order chi connectivity index (χ1) is 6.15. The molecule has 0 saturated carbocycles. The Kier molecular flexibility index (Phi) is 2.70. The van der Waals surface area contributed by atoms with Crippen molar-refractivity contribution in [3.63, 3.8) is 0 Å². The van der Waals surface area contributed by atoms with Crippen molar-refractivity contribution < 1.29 is 4.79 Å². The minimum atomic E-state index is -0.211. The van der Waals surface area contributed by atoms with Crippen LogP contribution in [0.5, 0.6) is 0 Å². The van der Waals surface area contributed by atoms with Crippen molar-refractivity contribution in [2.75, 3.05) is 5.32 Å². The lowest BCUT2D eigenvalue weighted by atomic mass is 10.3. The van der Waals surface area contributed by atoms with Gasteiger partial charge in [0.05, 0.1) is 6.42 Å². The molecule has 4 nitrogen and oxygen atoms in total. The minimum Gasteiger partial charge on any atom is -0.308 e. The third-order valence-corrected chi connectivity index (χ3v) is 1.77. The van der Waals surface area contributed by atoms with Crippen molar-refractivity contribution in [1.82, 2.24) is 10.2 Å². The van der Waals surface area contributed by atoms with Gasteiger partial charge in [-0.25, -0.2) is 0 Å². The average Bonchev–Trinajstić information content (AvgIpc) is 2.37. The van der Waals surface area contributed by atoms with Crippen LogP contribution >= 0.6 is 0 Å². The van der Waals surface area contributed by atoms with Crippen molar-refractivity contribution in [2.24, 2.45) is 0 Å². The van der Waals surface area contributed by atoms with Crippen LogP contribution in [0.25, 0.3) is 0 Å². The Morgan fingerprint density at radius 2 is 2.38 bits per heavy atom. The van der Waals surface area contributed by atoms with Gasteiger partial charge in [0.1, 0.15) is 0 Å². The highest BCUT2D eigenvalue weighted by atomic mass is 16.1. The largest absolute Gasteiger partial charge is 0.308 e. The molecule has 68 valence electrons. The maximum absolute atomic E-state index is 11.1. The summed E-state index contributed by atoms with van der Waals surface area (Å²) in [6, 6.07) is 0. The zero-order valence-corrected chi connectivity index (χ0v) is 7.64. The fraction of sp³-hybridized carbons (Fsp3) is 0.333. The number of carbonyl (C=O) groups excluding carboxylic acids is 1. The lowest BCUT2D eigenvalue weighted by Crippen LogP contribution is -2.11. The van der Waals surface area contributed by atoms with Gasteiger partial charge in [-0.3, -0.25) is 9.89 Å². The van der Waals surface area contributed by atoms with Gasteiger partial charge in [-0.1, -0.05) is 5.92 Å². The summed E-state index contributed by atoms with van der Waals surface area (Å²) in [5.41, 5.74) is 1.88. The maximum Gasteiger partial charge on any atom is 0.237 e. The summed E-state index contributed by atoms with van der Waals surface area (Å²) in [7, 11) is 0. The summed E-state index contributed by atoms with van der Waals surface area (Å²) in [6.07, 6.45) is 5.06. The SMILES string of the molecule is C#CCC(=O)Nc1n[nH]c(C)c1C. The molecule has 0 unspecified atom stereocenters. The molecule has 0 radical (unpaired) electrons. The molecule has 1 aromatic rings. The number of H-pyrrole nitrogens is 1. The minimum absolute atomic E-state index is 0.0747. The number of rotatable bonds is 2. The molecule has 13 heavy (non-hydrogen) atoms. The first-order valence-corrected chi connectivity index (χ1v) is 3.90. The Labute approximate surface area is 76.7 Å². The molecule has 0 atom stereocenters. The van der Waals surface area contributed by atoms with Crippen LogP contribution in [-0.2, 0) is 4.79 Å². The van der Waals surface area contributed by atoms with Gasteiger partial charge in [0.15, 0.2) is 5.82 Å². The number of aromatic nitrogens is 2. The Hall–Kier alpha value is -1.76. The molecule has 0 fully saturated rings. The lowest BCUT2D eigenvalue weighted by molar-refractivity contribution is -0.115. The summed E-state index contributed by atoms with van der Waals surface area (Å²) >= 11 is 0. The number of nitrogens with one attached hydrogen (secondary N) is 2. The highest BCUT2D eigenvalue weighted by molar-refractivity contribution is 5.91. The van der Waals surface area contributed by atoms with Gasteiger partial charge < -0.3 is 5.32 Å². The van der Waals surface area contributed by atoms with Crippen LogP contribution in [0.4, 0.5) is 5.82 Å². The number of hydrogen-bond acceptors (Lipinski definition) is 2. The van der Waals surface area contributed by atoms with Crippen molar-refractivity contribution in [3.05, 3.63) is 11.3 Å². The third-order valence-electron chi connectivity index (χ3n) is 1.77. The molecule has 1 rings (SSSR count). The number of terminal acetylenes is 1. The third kappa shape index (κ3) is 2.09. The molecule has 0 aromatic carbocycles. The van der Waals surface area contributed by atoms with Gasteiger partial charge in [0.2, 0.25) is 5.91 Å². The normalized spacial score (nSPS) is 9.31. The van der Waals surface area contributed by atoms with E-state index in [0.29, 0.717) is 5.82 Å². The summed E-state index contributed by atoms with van der Waals surface area (Å²) in [6.45, 7) is 3.77. The van der Waals surface area contributed by atoms with E-state index >= 15 is 0 Å². The van der Waals surface area contributed by atoms with E-state index in [9.17, 15) is 4.79 Å². The Morgan fingerprint density at radius 3 is 2.85 bits per heavy atom. The van der Waals surface area contributed by atoms with Gasteiger partial charge in [-0.15, -0.1) is 6.42 Å². The number of amides is 1. The van der Waals surface area contributed by atoms with Crippen LogP contribution in [0.1, 0.15) is 17.7 Å². The summed E-state index contributed by atoms with van der Waals surface area (Å²) in [5.74, 6) is 2.61. The smallest absolute Gasteiger partial charge is 0.237 e. The first kappa shape index (κ1) is 9.33. The molecular formula is C9H11N3O. The highest BCUT2D eigenvalue weighted by Crippen LogP contribution is 2.13. The van der Waals surface area contributed by atoms with Crippen LogP contribution in [-0.4, -0.2) is 16.1 Å². The Bertz CT molecular complexity index is 359. The topological polar surface area (TPSA) is 57.8 Å². The molecule has 0 aliphatic carbocycles. The zero-order valence-electron chi connectivity index (χ0n) is 7.64. The van der Waals surface area contributed by atoms with Gasteiger partial charge in [0, 0.05) is 11.3 Å². The van der Waals surface area contributed by atoms with E-state index in [4.69, 9.17) is 6.42 Å². The van der Waals surface area contributed by atoms with E-state index in [1.807, 2.05) is 13.8 Å². The van der Waals surface area contributed by atoms with Crippen LogP contribution in [0.15, 0.2) is 0 Å². The fourth-order valence-electron chi connectivity index (χ4n) is 0.876. The fourth-order valence-corrected chi connectivity index (χ4v) is 0.876. The van der Waals surface area contributed by atoms with Crippen molar-refractivity contribution in [3.8, 4) is 12.3 Å². The predicted octanol–water partition coefficient (Wildman–Crippen LogP) is 0.988. The van der Waals surface area contributed by atoms with E-state index in [0.717, 1.165) is 11.3 Å². The first-order valence-electron chi connectivity index (χ1n) is 3.90. The Balaban J connectivity index is 2.70. The Morgan fingerprint density at radius 1 is 1.69 bits per heavy atom. The van der Waals surface area contributed by atoms with Crippen molar-refractivity contribution in [2.45, 2.75) is 20.3 Å². The molecule has 1 heterocycles. The second kappa shape index (κ2) is 3.76. The number of carbonyl (C=O) groups is 1. The summed E-state index contributed by atoms with van der Waals surface area (Å²) < 4.78 is 0. The molecular weight excluding hydrogens is 166 g/mol. The van der Waals surface area contributed by atoms with Crippen LogP contribution < -0.4 is 5.32 Å². The molecule has 2 N–H and O–H groups in total. The van der Waals surface area contributed by atoms with Crippen molar-refractivity contribution >= 4 is 11.7 Å². The average molecular weight is 177 g/mol. The second-order valence-corrected chi connectivity index (χ2v) is 2.75. The molecule has 1 amide bonds. The number of hydrogen-bond donors (Lipinski definition) is 2. The van der Waals surface area contributed by atoms with Crippen molar-refractivity contribution in [1.29, 1.82) is 0 Å². The number of aromatic amines is 1. The molecule has 0 spiro atoms. The van der Waals surface area contributed by atoms with Gasteiger partial charge in [0.25, 0.3) is 0 Å². The van der Waals surface area contributed by atoms with Crippen LogP contribution in [0.2, 0.25) is 0 Å². The standard InChI is InChI=1S/C9H11N3O/c1-4-5-8(13)10-9-6(2)7(3)11-12-9/h1H,5H2,2-3H3,(H2,10,11,12,13).